The molecule has 4 aromatic rings. The van der Waals surface area contributed by atoms with E-state index in [-0.39, 0.29) is 21.3 Å². The quantitative estimate of drug-likeness (QED) is 0.117. The van der Waals surface area contributed by atoms with Crippen LogP contribution in [0.1, 0.15) is 69.2 Å². The number of rotatable bonds is 15. The number of thiophene rings is 1. The van der Waals surface area contributed by atoms with Gasteiger partial charge in [0.15, 0.2) is 26.0 Å². The maximum absolute atomic E-state index is 13.1. The maximum atomic E-state index is 13.1. The van der Waals surface area contributed by atoms with Gasteiger partial charge in [0.05, 0.1) is 21.3 Å². The fourth-order valence-corrected chi connectivity index (χ4v) is 10.1. The second kappa shape index (κ2) is 15.2. The molecule has 2 heterocycles. The molecule has 0 N–H and O–H groups in total. The van der Waals surface area contributed by atoms with Crippen molar-refractivity contribution >= 4 is 47.4 Å². The van der Waals surface area contributed by atoms with Crippen molar-refractivity contribution in [3.05, 3.63) is 66.2 Å². The highest BCUT2D eigenvalue weighted by Crippen LogP contribution is 2.47. The number of carbonyl (C=O) groups is 1. The number of carbonyl (C=O) groups excluding carboxylic acids is 1. The van der Waals surface area contributed by atoms with E-state index in [2.05, 4.69) is 4.90 Å². The molecule has 0 bridgehead atoms. The summed E-state index contributed by atoms with van der Waals surface area (Å²) in [6, 6.07) is 17.5. The second-order valence-corrected chi connectivity index (χ2v) is 17.2. The summed E-state index contributed by atoms with van der Waals surface area (Å²) in [5, 5.41) is 0.822. The number of fused-ring (bicyclic) bond motifs is 1. The molecule has 1 aliphatic heterocycles. The van der Waals surface area contributed by atoms with Crippen molar-refractivity contribution in [1.29, 1.82) is 0 Å². The van der Waals surface area contributed by atoms with Crippen molar-refractivity contribution in [2.75, 3.05) is 37.7 Å². The highest BCUT2D eigenvalue weighted by atomic mass is 32.2. The summed E-state index contributed by atoms with van der Waals surface area (Å²) in [6.45, 7) is 7.46. The Morgan fingerprint density at radius 1 is 0.804 bits per heavy atom. The average Bonchev–Trinajstić information content (AvgIpc) is 3.46. The number of hydrogen-bond donors (Lipinski definition) is 0. The number of benzene rings is 3. The first-order valence-electron chi connectivity index (χ1n) is 16.2. The SMILES string of the molecule is CCCCS(=O)(=O)c1ccc(-c2sc3cc(S(=O)(=O)CCCC)ccc3c2-c2cc(OCCN3CCCCC3)ccc2C=O)cc1. The third kappa shape index (κ3) is 7.90. The van der Waals surface area contributed by atoms with Crippen LogP contribution in [-0.2, 0) is 19.7 Å². The average molecular weight is 682 g/mol. The number of nitrogens with zero attached hydrogens (tertiary/aromatic N) is 1. The van der Waals surface area contributed by atoms with E-state index in [1.807, 2.05) is 32.0 Å². The largest absolute Gasteiger partial charge is 0.492 e. The van der Waals surface area contributed by atoms with Gasteiger partial charge in [0.2, 0.25) is 0 Å². The molecular formula is C36H43NO6S3. The van der Waals surface area contributed by atoms with Crippen LogP contribution in [-0.4, -0.2) is 65.8 Å². The van der Waals surface area contributed by atoms with Crippen molar-refractivity contribution in [1.82, 2.24) is 4.90 Å². The minimum absolute atomic E-state index is 0.0835. The monoisotopic (exact) mass is 681 g/mol. The summed E-state index contributed by atoms with van der Waals surface area (Å²) >= 11 is 1.44. The number of piperidine rings is 1. The van der Waals surface area contributed by atoms with E-state index in [1.54, 1.807) is 42.5 Å². The van der Waals surface area contributed by atoms with Gasteiger partial charge in [0.1, 0.15) is 12.4 Å². The lowest BCUT2D eigenvalue weighted by Crippen LogP contribution is -2.33. The van der Waals surface area contributed by atoms with E-state index in [0.717, 1.165) is 64.9 Å². The molecule has 3 aromatic carbocycles. The molecule has 0 atom stereocenters. The summed E-state index contributed by atoms with van der Waals surface area (Å²) in [4.78, 5) is 16.2. The van der Waals surface area contributed by atoms with Crippen LogP contribution >= 0.6 is 11.3 Å². The summed E-state index contributed by atoms with van der Waals surface area (Å²) < 4.78 is 58.9. The number of aldehydes is 1. The van der Waals surface area contributed by atoms with Gasteiger partial charge in [-0.05, 0) is 92.4 Å². The van der Waals surface area contributed by atoms with Gasteiger partial charge in [-0.2, -0.15) is 0 Å². The lowest BCUT2D eigenvalue weighted by molar-refractivity contribution is 0.112. The van der Waals surface area contributed by atoms with Gasteiger partial charge in [-0.25, -0.2) is 16.8 Å². The van der Waals surface area contributed by atoms with Crippen molar-refractivity contribution in [3.8, 4) is 27.3 Å². The molecule has 1 aliphatic rings. The molecule has 0 saturated carbocycles. The molecule has 1 saturated heterocycles. The van der Waals surface area contributed by atoms with Crippen molar-refractivity contribution in [3.63, 3.8) is 0 Å². The lowest BCUT2D eigenvalue weighted by atomic mass is 9.95. The minimum Gasteiger partial charge on any atom is -0.492 e. The van der Waals surface area contributed by atoms with Crippen LogP contribution in [0.15, 0.2) is 70.5 Å². The summed E-state index contributed by atoms with van der Waals surface area (Å²) in [7, 11) is -6.86. The van der Waals surface area contributed by atoms with Crippen LogP contribution in [0.5, 0.6) is 5.75 Å². The van der Waals surface area contributed by atoms with Gasteiger partial charge in [-0.15, -0.1) is 11.3 Å². The van der Waals surface area contributed by atoms with E-state index in [4.69, 9.17) is 4.74 Å². The first-order valence-corrected chi connectivity index (χ1v) is 20.4. The third-order valence-electron chi connectivity index (χ3n) is 8.58. The predicted octanol–water partition coefficient (Wildman–Crippen LogP) is 8.06. The molecule has 0 amide bonds. The number of likely N-dealkylation sites (tertiary alicyclic amines) is 1. The molecule has 46 heavy (non-hydrogen) atoms. The van der Waals surface area contributed by atoms with E-state index in [1.165, 1.54) is 30.6 Å². The van der Waals surface area contributed by atoms with E-state index in [0.29, 0.717) is 36.3 Å². The first-order chi connectivity index (χ1) is 22.2. The zero-order valence-corrected chi connectivity index (χ0v) is 29.1. The van der Waals surface area contributed by atoms with Crippen molar-refractivity contribution in [2.45, 2.75) is 68.6 Å². The Morgan fingerprint density at radius 2 is 1.46 bits per heavy atom. The topological polar surface area (TPSA) is 97.8 Å². The summed E-state index contributed by atoms with van der Waals surface area (Å²) in [5.74, 6) is 0.832. The van der Waals surface area contributed by atoms with Crippen LogP contribution in [0.2, 0.25) is 0 Å². The Balaban J connectivity index is 1.59. The fourth-order valence-electron chi connectivity index (χ4n) is 5.88. The smallest absolute Gasteiger partial charge is 0.178 e. The van der Waals surface area contributed by atoms with E-state index >= 15 is 0 Å². The molecule has 0 aliphatic carbocycles. The third-order valence-corrected chi connectivity index (χ3v) is 13.4. The Kier molecular flexibility index (Phi) is 11.4. The van der Waals surface area contributed by atoms with Crippen LogP contribution in [0.25, 0.3) is 31.7 Å². The Hall–Kier alpha value is -3.05. The standard InChI is InChI=1S/C36H43NO6S3/c1-3-5-22-45(39,40)30-14-11-27(12-15-30)36-35(32-17-16-31(25-34(32)44-36)46(41,42)23-6-4-2)33-24-29(13-10-28(33)26-38)43-21-20-37-18-8-7-9-19-37/h10-17,24-26H,3-9,18-23H2,1-2H3. The predicted molar refractivity (Wildman–Crippen MR) is 188 cm³/mol. The van der Waals surface area contributed by atoms with Gasteiger partial charge >= 0.3 is 0 Å². The zero-order valence-electron chi connectivity index (χ0n) is 26.7. The molecule has 0 spiro atoms. The van der Waals surface area contributed by atoms with Gasteiger partial charge in [0.25, 0.3) is 0 Å². The Bertz CT molecular complexity index is 1870. The van der Waals surface area contributed by atoms with Crippen molar-refractivity contribution in [2.24, 2.45) is 0 Å². The van der Waals surface area contributed by atoms with Crippen LogP contribution < -0.4 is 4.74 Å². The number of hydrogen-bond acceptors (Lipinski definition) is 8. The molecule has 7 nitrogen and oxygen atoms in total. The lowest BCUT2D eigenvalue weighted by Gasteiger charge is -2.26. The first kappa shape index (κ1) is 34.3. The summed E-state index contributed by atoms with van der Waals surface area (Å²) in [6.07, 6.45) is 7.27. The number of sulfone groups is 2. The van der Waals surface area contributed by atoms with Crippen LogP contribution in [0.4, 0.5) is 0 Å². The van der Waals surface area contributed by atoms with Gasteiger partial charge in [-0.1, -0.05) is 51.3 Å². The highest BCUT2D eigenvalue weighted by molar-refractivity contribution is 7.91. The molecular weight excluding hydrogens is 639 g/mol. The molecule has 0 unspecified atom stereocenters. The molecule has 246 valence electrons. The summed E-state index contributed by atoms with van der Waals surface area (Å²) in [5.41, 5.74) is 2.76. The normalized spacial score (nSPS) is 14.5. The number of unbranched alkanes of at least 4 members (excludes halogenated alkanes) is 2. The van der Waals surface area contributed by atoms with E-state index < -0.39 is 19.7 Å². The zero-order chi connectivity index (χ0) is 32.7. The molecule has 0 radical (unpaired) electrons. The van der Waals surface area contributed by atoms with Gasteiger partial charge in [-0.3, -0.25) is 9.69 Å². The van der Waals surface area contributed by atoms with Crippen LogP contribution in [0, 0.1) is 0 Å². The van der Waals surface area contributed by atoms with Crippen molar-refractivity contribution < 1.29 is 26.4 Å². The minimum atomic E-state index is -3.46. The second-order valence-electron chi connectivity index (χ2n) is 12.0. The van der Waals surface area contributed by atoms with Gasteiger partial charge < -0.3 is 4.74 Å². The number of ether oxygens (including phenoxy) is 1. The Morgan fingerprint density at radius 3 is 2.11 bits per heavy atom. The van der Waals surface area contributed by atoms with Gasteiger partial charge in [0, 0.05) is 32.6 Å². The molecule has 5 rings (SSSR count). The van der Waals surface area contributed by atoms with Crippen LogP contribution in [0.3, 0.4) is 0 Å². The molecule has 1 fully saturated rings. The highest BCUT2D eigenvalue weighted by Gasteiger charge is 2.23. The fraction of sp³-hybridized carbons (Fsp3) is 0.417. The Labute approximate surface area is 277 Å². The molecule has 10 heteroatoms. The molecule has 1 aromatic heterocycles. The van der Waals surface area contributed by atoms with E-state index in [9.17, 15) is 21.6 Å². The maximum Gasteiger partial charge on any atom is 0.178 e.